The Morgan fingerprint density at radius 1 is 1.04 bits per heavy atom. The number of nitrogens with one attached hydrogen (secondary N) is 1. The van der Waals surface area contributed by atoms with Crippen molar-refractivity contribution in [1.82, 2.24) is 9.03 Å². The number of methoxy groups -OCH3 is 2. The van der Waals surface area contributed by atoms with Gasteiger partial charge in [0, 0.05) is 20.1 Å². The molecule has 0 aromatic heterocycles. The molecule has 1 aliphatic carbocycles. The highest BCUT2D eigenvalue weighted by Crippen LogP contribution is 2.38. The minimum absolute atomic E-state index is 0.0334. The second-order valence-electron chi connectivity index (χ2n) is 5.99. The molecule has 1 fully saturated rings. The number of para-hydroxylation sites is 1. The molecular formula is C16H26N2O5S. The van der Waals surface area contributed by atoms with Crippen LogP contribution in [0.5, 0.6) is 17.2 Å². The van der Waals surface area contributed by atoms with Crippen molar-refractivity contribution in [3.63, 3.8) is 0 Å². The number of hydrogen-bond acceptors (Lipinski definition) is 5. The number of nitrogens with zero attached hydrogens (tertiary/aromatic N) is 1. The highest BCUT2D eigenvalue weighted by atomic mass is 32.2. The smallest absolute Gasteiger partial charge is 0.279 e. The second kappa shape index (κ2) is 8.04. The van der Waals surface area contributed by atoms with Crippen LogP contribution >= 0.6 is 0 Å². The first-order valence-electron chi connectivity index (χ1n) is 7.94. The van der Waals surface area contributed by atoms with E-state index in [0.717, 1.165) is 25.7 Å². The fraction of sp³-hybridized carbons (Fsp3) is 0.625. The monoisotopic (exact) mass is 358 g/mol. The summed E-state index contributed by atoms with van der Waals surface area (Å²) >= 11 is 0. The van der Waals surface area contributed by atoms with Gasteiger partial charge in [-0.05, 0) is 37.8 Å². The maximum atomic E-state index is 11.9. The molecule has 8 heteroatoms. The van der Waals surface area contributed by atoms with Gasteiger partial charge < -0.3 is 14.2 Å². The van der Waals surface area contributed by atoms with E-state index in [4.69, 9.17) is 14.2 Å². The van der Waals surface area contributed by atoms with Gasteiger partial charge in [0.05, 0.1) is 20.3 Å². The van der Waals surface area contributed by atoms with Crippen LogP contribution in [0.3, 0.4) is 0 Å². The standard InChI is InChI=1S/C16H26N2O5S/c1-18(2)24(19,20)17-12-8-10-13(11-9-12)23-15-7-5-6-14(21-3)16(15)22-4/h5-7,12-13,17H,8-11H2,1-4H3. The third kappa shape index (κ3) is 4.52. The summed E-state index contributed by atoms with van der Waals surface area (Å²) in [4.78, 5) is 0. The lowest BCUT2D eigenvalue weighted by Gasteiger charge is -2.30. The largest absolute Gasteiger partial charge is 0.493 e. The molecule has 0 radical (unpaired) electrons. The van der Waals surface area contributed by atoms with Gasteiger partial charge in [-0.3, -0.25) is 0 Å². The zero-order valence-corrected chi connectivity index (χ0v) is 15.4. The lowest BCUT2D eigenvalue weighted by atomic mass is 9.93. The molecule has 1 aromatic carbocycles. The van der Waals surface area contributed by atoms with Crippen LogP contribution in [0.2, 0.25) is 0 Å². The van der Waals surface area contributed by atoms with Crippen LogP contribution in [0.1, 0.15) is 25.7 Å². The SMILES string of the molecule is COc1cccc(OC2CCC(NS(=O)(=O)N(C)C)CC2)c1OC. The molecule has 136 valence electrons. The van der Waals surface area contributed by atoms with Crippen molar-refractivity contribution in [3.8, 4) is 17.2 Å². The Labute approximate surface area is 144 Å². The Morgan fingerprint density at radius 3 is 2.21 bits per heavy atom. The molecule has 0 heterocycles. The summed E-state index contributed by atoms with van der Waals surface area (Å²) in [6.07, 6.45) is 3.07. The molecule has 0 bridgehead atoms. The van der Waals surface area contributed by atoms with Gasteiger partial charge in [0.15, 0.2) is 11.5 Å². The van der Waals surface area contributed by atoms with Crippen molar-refractivity contribution < 1.29 is 22.6 Å². The van der Waals surface area contributed by atoms with Crippen LogP contribution in [-0.2, 0) is 10.2 Å². The molecule has 2 rings (SSSR count). The van der Waals surface area contributed by atoms with E-state index in [0.29, 0.717) is 17.2 Å². The van der Waals surface area contributed by atoms with Crippen LogP contribution in [0.4, 0.5) is 0 Å². The number of ether oxygens (including phenoxy) is 3. The van der Waals surface area contributed by atoms with Crippen LogP contribution in [-0.4, -0.2) is 53.2 Å². The first-order valence-corrected chi connectivity index (χ1v) is 9.38. The Kier molecular flexibility index (Phi) is 6.31. The van der Waals surface area contributed by atoms with Crippen molar-refractivity contribution in [3.05, 3.63) is 18.2 Å². The van der Waals surface area contributed by atoms with Gasteiger partial charge in [-0.25, -0.2) is 0 Å². The second-order valence-corrected chi connectivity index (χ2v) is 7.90. The van der Waals surface area contributed by atoms with Crippen molar-refractivity contribution in [2.45, 2.75) is 37.8 Å². The quantitative estimate of drug-likeness (QED) is 0.804. The molecule has 0 amide bonds. The van der Waals surface area contributed by atoms with E-state index in [1.165, 1.54) is 18.4 Å². The fourth-order valence-electron chi connectivity index (χ4n) is 2.74. The van der Waals surface area contributed by atoms with Gasteiger partial charge in [0.1, 0.15) is 0 Å². The molecule has 0 saturated heterocycles. The van der Waals surface area contributed by atoms with Crippen LogP contribution in [0.25, 0.3) is 0 Å². The van der Waals surface area contributed by atoms with Crippen molar-refractivity contribution in [2.24, 2.45) is 0 Å². The van der Waals surface area contributed by atoms with E-state index < -0.39 is 10.2 Å². The van der Waals surface area contributed by atoms with Crippen LogP contribution in [0, 0.1) is 0 Å². The van der Waals surface area contributed by atoms with Crippen molar-refractivity contribution in [2.75, 3.05) is 28.3 Å². The lowest BCUT2D eigenvalue weighted by molar-refractivity contribution is 0.138. The molecular weight excluding hydrogens is 332 g/mol. The molecule has 1 saturated carbocycles. The Balaban J connectivity index is 1.94. The summed E-state index contributed by atoms with van der Waals surface area (Å²) in [5, 5.41) is 0. The van der Waals surface area contributed by atoms with Crippen molar-refractivity contribution >= 4 is 10.2 Å². The van der Waals surface area contributed by atoms with Crippen LogP contribution in [0.15, 0.2) is 18.2 Å². The Bertz CT molecular complexity index is 640. The minimum Gasteiger partial charge on any atom is -0.493 e. The zero-order valence-electron chi connectivity index (χ0n) is 14.6. The number of hydrogen-bond donors (Lipinski definition) is 1. The minimum atomic E-state index is -3.39. The third-order valence-corrected chi connectivity index (χ3v) is 5.72. The summed E-state index contributed by atoms with van der Waals surface area (Å²) in [5.41, 5.74) is 0. The first kappa shape index (κ1) is 18.8. The predicted molar refractivity (Wildman–Crippen MR) is 92.0 cm³/mol. The average Bonchev–Trinajstić information content (AvgIpc) is 2.56. The summed E-state index contributed by atoms with van der Waals surface area (Å²) in [6, 6.07) is 5.47. The highest BCUT2D eigenvalue weighted by molar-refractivity contribution is 7.87. The third-order valence-electron chi connectivity index (χ3n) is 4.13. The Hall–Kier alpha value is -1.51. The van der Waals surface area contributed by atoms with Crippen molar-refractivity contribution in [1.29, 1.82) is 0 Å². The summed E-state index contributed by atoms with van der Waals surface area (Å²) in [6.45, 7) is 0. The van der Waals surface area contributed by atoms with E-state index in [-0.39, 0.29) is 12.1 Å². The van der Waals surface area contributed by atoms with E-state index in [9.17, 15) is 8.42 Å². The molecule has 0 spiro atoms. The molecule has 0 atom stereocenters. The number of rotatable bonds is 7. The summed E-state index contributed by atoms with van der Waals surface area (Å²) < 4.78 is 44.4. The first-order chi connectivity index (χ1) is 11.4. The van der Waals surface area contributed by atoms with Gasteiger partial charge in [-0.1, -0.05) is 6.07 Å². The molecule has 24 heavy (non-hydrogen) atoms. The van der Waals surface area contributed by atoms with Gasteiger partial charge >= 0.3 is 0 Å². The molecule has 0 aliphatic heterocycles. The predicted octanol–water partition coefficient (Wildman–Crippen LogP) is 1.79. The maximum Gasteiger partial charge on any atom is 0.279 e. The fourth-order valence-corrected chi connectivity index (χ4v) is 3.61. The number of benzene rings is 1. The molecule has 1 aliphatic rings. The van der Waals surface area contributed by atoms with E-state index in [1.807, 2.05) is 18.2 Å². The lowest BCUT2D eigenvalue weighted by Crippen LogP contribution is -2.44. The zero-order chi connectivity index (χ0) is 17.7. The summed E-state index contributed by atoms with van der Waals surface area (Å²) in [5.74, 6) is 1.85. The maximum absolute atomic E-state index is 11.9. The van der Waals surface area contributed by atoms with Gasteiger partial charge in [0.25, 0.3) is 10.2 Å². The molecule has 1 aromatic rings. The van der Waals surface area contributed by atoms with E-state index in [2.05, 4.69) is 4.72 Å². The highest BCUT2D eigenvalue weighted by Gasteiger charge is 2.27. The topological polar surface area (TPSA) is 77.1 Å². The van der Waals surface area contributed by atoms with Gasteiger partial charge in [0.2, 0.25) is 5.75 Å². The average molecular weight is 358 g/mol. The summed E-state index contributed by atoms with van der Waals surface area (Å²) in [7, 11) is 2.82. The van der Waals surface area contributed by atoms with E-state index in [1.54, 1.807) is 14.2 Å². The van der Waals surface area contributed by atoms with Gasteiger partial charge in [-0.15, -0.1) is 0 Å². The molecule has 0 unspecified atom stereocenters. The normalized spacial score (nSPS) is 21.5. The van der Waals surface area contributed by atoms with Crippen LogP contribution < -0.4 is 18.9 Å². The van der Waals surface area contributed by atoms with E-state index >= 15 is 0 Å². The molecule has 1 N–H and O–H groups in total. The Morgan fingerprint density at radius 2 is 1.67 bits per heavy atom. The molecule has 7 nitrogen and oxygen atoms in total. The van der Waals surface area contributed by atoms with Gasteiger partial charge in [-0.2, -0.15) is 17.4 Å².